The highest BCUT2D eigenvalue weighted by atomic mass is 32.1. The third kappa shape index (κ3) is 5.42. The van der Waals surface area contributed by atoms with Crippen LogP contribution < -0.4 is 26.3 Å². The van der Waals surface area contributed by atoms with Gasteiger partial charge in [-0.3, -0.25) is 10.1 Å². The highest BCUT2D eigenvalue weighted by Crippen LogP contribution is 2.26. The summed E-state index contributed by atoms with van der Waals surface area (Å²) < 4.78 is 15.7. The van der Waals surface area contributed by atoms with Gasteiger partial charge in [0, 0.05) is 30.6 Å². The zero-order valence-corrected chi connectivity index (χ0v) is 17.3. The molecular formula is C18H22N6O5S. The zero-order valence-electron chi connectivity index (χ0n) is 16.5. The zero-order chi connectivity index (χ0) is 21.5. The Morgan fingerprint density at radius 3 is 2.80 bits per heavy atom. The predicted octanol–water partition coefficient (Wildman–Crippen LogP) is 2.31. The van der Waals surface area contributed by atoms with Crippen LogP contribution in [0.25, 0.3) is 0 Å². The maximum atomic E-state index is 12.6. The fourth-order valence-corrected chi connectivity index (χ4v) is 3.49. The molecule has 0 aromatic carbocycles. The Bertz CT molecular complexity index is 995. The van der Waals surface area contributed by atoms with Gasteiger partial charge in [0.1, 0.15) is 0 Å². The number of aromatic nitrogens is 2. The molecule has 1 fully saturated rings. The van der Waals surface area contributed by atoms with Crippen LogP contribution in [0.5, 0.6) is 5.75 Å². The lowest BCUT2D eigenvalue weighted by molar-refractivity contribution is 0.0875. The Kier molecular flexibility index (Phi) is 7.14. The van der Waals surface area contributed by atoms with Crippen LogP contribution in [0.1, 0.15) is 30.3 Å². The van der Waals surface area contributed by atoms with Gasteiger partial charge in [-0.25, -0.2) is 4.79 Å². The van der Waals surface area contributed by atoms with Crippen molar-refractivity contribution in [3.8, 4) is 5.75 Å². The maximum Gasteiger partial charge on any atom is 0.381 e. The molecule has 1 unspecified atom stereocenters. The first-order chi connectivity index (χ1) is 14.5. The molecule has 0 saturated carbocycles. The van der Waals surface area contributed by atoms with E-state index in [0.29, 0.717) is 29.7 Å². The van der Waals surface area contributed by atoms with Crippen LogP contribution in [0.3, 0.4) is 0 Å². The van der Waals surface area contributed by atoms with E-state index in [9.17, 15) is 9.59 Å². The van der Waals surface area contributed by atoms with E-state index < -0.39 is 11.5 Å². The molecular weight excluding hydrogens is 412 g/mol. The van der Waals surface area contributed by atoms with E-state index in [1.54, 1.807) is 13.0 Å². The molecule has 2 aromatic rings. The van der Waals surface area contributed by atoms with Crippen molar-refractivity contribution in [2.75, 3.05) is 36.3 Å². The second-order valence-electron chi connectivity index (χ2n) is 6.41. The molecule has 3 rings (SSSR count). The van der Waals surface area contributed by atoms with Crippen molar-refractivity contribution in [3.63, 3.8) is 0 Å². The van der Waals surface area contributed by atoms with E-state index in [4.69, 9.17) is 19.3 Å². The van der Waals surface area contributed by atoms with Gasteiger partial charge in [0.25, 0.3) is 5.91 Å². The van der Waals surface area contributed by atoms with Crippen molar-refractivity contribution in [1.29, 1.82) is 5.41 Å². The molecule has 2 aromatic heterocycles. The summed E-state index contributed by atoms with van der Waals surface area (Å²) in [6.07, 6.45) is 4.47. The fourth-order valence-electron chi connectivity index (χ4n) is 2.79. The number of nitrogens with one attached hydrogen (secondary N) is 4. The average molecular weight is 434 g/mol. The normalized spacial score (nSPS) is 16.6. The van der Waals surface area contributed by atoms with Gasteiger partial charge in [0.05, 0.1) is 19.4 Å². The van der Waals surface area contributed by atoms with Crippen LogP contribution in [0.4, 0.5) is 16.0 Å². The topological polar surface area (TPSA) is 151 Å². The van der Waals surface area contributed by atoms with Crippen LogP contribution in [0.2, 0.25) is 0 Å². The molecule has 3 heterocycles. The molecule has 1 aliphatic rings. The minimum Gasteiger partial charge on any atom is -0.488 e. The summed E-state index contributed by atoms with van der Waals surface area (Å²) >= 11 is 1.10. The number of hydrogen-bond acceptors (Lipinski definition) is 11. The van der Waals surface area contributed by atoms with E-state index in [1.165, 1.54) is 13.2 Å². The Labute approximate surface area is 176 Å². The summed E-state index contributed by atoms with van der Waals surface area (Å²) in [7, 11) is 1.36. The molecule has 4 N–H and O–H groups in total. The quantitative estimate of drug-likeness (QED) is 0.459. The molecule has 160 valence electrons. The summed E-state index contributed by atoms with van der Waals surface area (Å²) in [5.74, 6) is -0.843. The summed E-state index contributed by atoms with van der Waals surface area (Å²) in [6.45, 7) is 2.97. The van der Waals surface area contributed by atoms with Gasteiger partial charge < -0.3 is 29.9 Å². The van der Waals surface area contributed by atoms with Crippen molar-refractivity contribution < 1.29 is 18.7 Å². The number of carbonyl (C=O) groups is 1. The van der Waals surface area contributed by atoms with E-state index in [2.05, 4.69) is 26.1 Å². The summed E-state index contributed by atoms with van der Waals surface area (Å²) in [4.78, 5) is 24.9. The SMILES string of the molecule is COc1c(NC2CCCOC2)cc(C(=O)Nc2nnc(N/C(C)=C\C=N)s2)oc1=O. The fraction of sp³-hybridized carbons (Fsp3) is 0.389. The van der Waals surface area contributed by atoms with Crippen LogP contribution in [0.15, 0.2) is 27.1 Å². The first-order valence-electron chi connectivity index (χ1n) is 9.15. The summed E-state index contributed by atoms with van der Waals surface area (Å²) in [5, 5.41) is 24.2. The van der Waals surface area contributed by atoms with Crippen LogP contribution in [-0.2, 0) is 4.74 Å². The molecule has 1 amide bonds. The molecule has 1 saturated heterocycles. The first-order valence-corrected chi connectivity index (χ1v) is 9.97. The van der Waals surface area contributed by atoms with Gasteiger partial charge in [-0.15, -0.1) is 10.2 Å². The molecule has 0 spiro atoms. The second kappa shape index (κ2) is 9.98. The predicted molar refractivity (Wildman–Crippen MR) is 113 cm³/mol. The van der Waals surface area contributed by atoms with Crippen molar-refractivity contribution >= 4 is 39.4 Å². The molecule has 0 aliphatic carbocycles. The number of carbonyl (C=O) groups excluding carboxylic acids is 1. The van der Waals surface area contributed by atoms with Crippen LogP contribution in [0, 0.1) is 5.41 Å². The lowest BCUT2D eigenvalue weighted by atomic mass is 10.1. The molecule has 11 nitrogen and oxygen atoms in total. The lowest BCUT2D eigenvalue weighted by Crippen LogP contribution is -2.31. The number of methoxy groups -OCH3 is 1. The van der Waals surface area contributed by atoms with Gasteiger partial charge in [-0.2, -0.15) is 0 Å². The molecule has 1 aliphatic heterocycles. The largest absolute Gasteiger partial charge is 0.488 e. The number of ether oxygens (including phenoxy) is 2. The van der Waals surface area contributed by atoms with E-state index in [1.807, 2.05) is 0 Å². The summed E-state index contributed by atoms with van der Waals surface area (Å²) in [6, 6.07) is 1.42. The standard InChI is InChI=1S/C18H22N6O5S/c1-10(5-6-19)20-17-23-24-18(30-17)22-15(25)13-8-12(14(27-2)16(26)29-13)21-11-4-3-7-28-9-11/h5-6,8,11,19,21H,3-4,7,9H2,1-2H3,(H,20,23)(H,22,24,25)/b10-5-,19-6?. The Hall–Kier alpha value is -3.25. The van der Waals surface area contributed by atoms with Gasteiger partial charge in [0.15, 0.2) is 5.76 Å². The van der Waals surface area contributed by atoms with Crippen molar-refractivity contribution in [3.05, 3.63) is 34.0 Å². The van der Waals surface area contributed by atoms with Gasteiger partial charge in [-0.05, 0) is 25.8 Å². The molecule has 0 bridgehead atoms. The van der Waals surface area contributed by atoms with Crippen molar-refractivity contribution in [1.82, 2.24) is 10.2 Å². The Morgan fingerprint density at radius 2 is 2.13 bits per heavy atom. The van der Waals surface area contributed by atoms with Gasteiger partial charge >= 0.3 is 5.63 Å². The number of rotatable bonds is 8. The third-order valence-corrected chi connectivity index (χ3v) is 4.89. The number of nitrogens with zero attached hydrogens (tertiary/aromatic N) is 2. The van der Waals surface area contributed by atoms with E-state index >= 15 is 0 Å². The molecule has 30 heavy (non-hydrogen) atoms. The molecule has 1 atom stereocenters. The van der Waals surface area contributed by atoms with Crippen LogP contribution >= 0.6 is 11.3 Å². The van der Waals surface area contributed by atoms with E-state index in [-0.39, 0.29) is 22.7 Å². The van der Waals surface area contributed by atoms with E-state index in [0.717, 1.165) is 30.4 Å². The smallest absolute Gasteiger partial charge is 0.381 e. The lowest BCUT2D eigenvalue weighted by Gasteiger charge is -2.24. The van der Waals surface area contributed by atoms with Gasteiger partial charge in [-0.1, -0.05) is 11.3 Å². The maximum absolute atomic E-state index is 12.6. The Morgan fingerprint density at radius 1 is 1.37 bits per heavy atom. The first kappa shape index (κ1) is 21.5. The molecule has 12 heteroatoms. The Balaban J connectivity index is 1.75. The summed E-state index contributed by atoms with van der Waals surface area (Å²) in [5.41, 5.74) is 0.292. The molecule has 0 radical (unpaired) electrons. The van der Waals surface area contributed by atoms with Gasteiger partial charge in [0.2, 0.25) is 16.0 Å². The van der Waals surface area contributed by atoms with Crippen molar-refractivity contribution in [2.24, 2.45) is 0 Å². The number of allylic oxidation sites excluding steroid dienone is 2. The minimum atomic E-state index is -0.767. The van der Waals surface area contributed by atoms with Crippen molar-refractivity contribution in [2.45, 2.75) is 25.8 Å². The second-order valence-corrected chi connectivity index (χ2v) is 7.39. The highest BCUT2D eigenvalue weighted by Gasteiger charge is 2.22. The van der Waals surface area contributed by atoms with Crippen LogP contribution in [-0.4, -0.2) is 48.7 Å². The number of hydrogen-bond donors (Lipinski definition) is 4. The monoisotopic (exact) mass is 434 g/mol. The third-order valence-electron chi connectivity index (χ3n) is 4.14. The number of amides is 1. The average Bonchev–Trinajstić information content (AvgIpc) is 3.15. The number of anilines is 3. The highest BCUT2D eigenvalue weighted by molar-refractivity contribution is 7.19. The minimum absolute atomic E-state index is 0.000540.